The number of hydrogen-bond donors (Lipinski definition) is 2. The van der Waals surface area contributed by atoms with Crippen molar-refractivity contribution in [3.63, 3.8) is 0 Å². The third-order valence-corrected chi connectivity index (χ3v) is 1.30. The van der Waals surface area contributed by atoms with Gasteiger partial charge in [0.1, 0.15) is 5.82 Å². The van der Waals surface area contributed by atoms with E-state index in [2.05, 4.69) is 4.98 Å². The maximum atomic E-state index is 10.3. The molecule has 0 saturated carbocycles. The van der Waals surface area contributed by atoms with Gasteiger partial charge in [-0.2, -0.15) is 0 Å². The topological polar surface area (TPSA) is 93.3 Å². The zero-order valence-electron chi connectivity index (χ0n) is 6.02. The Balaban J connectivity index is 3.18. The van der Waals surface area contributed by atoms with Gasteiger partial charge in [-0.15, -0.1) is 0 Å². The summed E-state index contributed by atoms with van der Waals surface area (Å²) in [7, 11) is 0. The Bertz CT molecular complexity index is 335. The van der Waals surface area contributed by atoms with E-state index in [1.165, 1.54) is 12.1 Å². The van der Waals surface area contributed by atoms with E-state index in [-0.39, 0.29) is 17.1 Å². The predicted octanol–water partition coefficient (Wildman–Crippen LogP) is 0.174. The summed E-state index contributed by atoms with van der Waals surface area (Å²) in [5.41, 5.74) is 5.29. The molecule has 0 saturated heterocycles. The van der Waals surface area contributed by atoms with Crippen LogP contribution in [-0.4, -0.2) is 22.3 Å². The minimum Gasteiger partial charge on any atom is -0.477 e. The zero-order chi connectivity index (χ0) is 9.14. The average molecular weight is 166 g/mol. The summed E-state index contributed by atoms with van der Waals surface area (Å²) in [6.07, 6.45) is 0.522. The van der Waals surface area contributed by atoms with Gasteiger partial charge in [0.2, 0.25) is 0 Å². The lowest BCUT2D eigenvalue weighted by Crippen LogP contribution is -2.04. The van der Waals surface area contributed by atoms with Crippen molar-refractivity contribution in [1.82, 2.24) is 4.98 Å². The molecule has 0 aliphatic carbocycles. The number of anilines is 1. The van der Waals surface area contributed by atoms with Gasteiger partial charge in [-0.1, -0.05) is 0 Å². The fourth-order valence-electron chi connectivity index (χ4n) is 0.704. The number of nitrogen functional groups attached to an aromatic ring is 1. The van der Waals surface area contributed by atoms with Crippen molar-refractivity contribution in [1.29, 1.82) is 0 Å². The van der Waals surface area contributed by atoms with Crippen LogP contribution in [0.3, 0.4) is 0 Å². The molecule has 62 valence electrons. The van der Waals surface area contributed by atoms with Gasteiger partial charge in [0.05, 0.1) is 5.56 Å². The summed E-state index contributed by atoms with van der Waals surface area (Å²) < 4.78 is 0. The first-order valence-electron chi connectivity index (χ1n) is 3.10. The number of nitrogens with zero attached hydrogens (tertiary/aromatic N) is 1. The van der Waals surface area contributed by atoms with E-state index >= 15 is 0 Å². The zero-order valence-corrected chi connectivity index (χ0v) is 6.02. The first-order valence-corrected chi connectivity index (χ1v) is 3.10. The highest BCUT2D eigenvalue weighted by atomic mass is 16.4. The summed E-state index contributed by atoms with van der Waals surface area (Å²) in [6.45, 7) is 0. The second-order valence-corrected chi connectivity index (χ2v) is 2.09. The molecule has 0 bridgehead atoms. The number of carbonyl (C=O) groups is 2. The normalized spacial score (nSPS) is 9.33. The van der Waals surface area contributed by atoms with Gasteiger partial charge >= 0.3 is 5.97 Å². The summed E-state index contributed by atoms with van der Waals surface area (Å²) in [5, 5.41) is 8.47. The van der Waals surface area contributed by atoms with Gasteiger partial charge in [0.25, 0.3) is 0 Å². The molecule has 5 heteroatoms. The predicted molar refractivity (Wildman–Crippen MR) is 41.0 cm³/mol. The van der Waals surface area contributed by atoms with Crippen molar-refractivity contribution >= 4 is 18.1 Å². The van der Waals surface area contributed by atoms with Gasteiger partial charge in [-0.25, -0.2) is 9.78 Å². The Morgan fingerprint density at radius 2 is 2.25 bits per heavy atom. The third kappa shape index (κ3) is 1.39. The number of carboxylic acid groups (broad SMARTS) is 1. The standard InChI is InChI=1S/C7H6N2O3/c8-6-4(3-10)1-2-5(9-6)7(11)12/h1-3H,(H2,8,9)(H,11,12). The lowest BCUT2D eigenvalue weighted by Gasteiger charge is -1.97. The highest BCUT2D eigenvalue weighted by Crippen LogP contribution is 2.06. The van der Waals surface area contributed by atoms with Crippen molar-refractivity contribution in [2.45, 2.75) is 0 Å². The van der Waals surface area contributed by atoms with Crippen LogP contribution >= 0.6 is 0 Å². The van der Waals surface area contributed by atoms with Crippen molar-refractivity contribution in [2.24, 2.45) is 0 Å². The fourth-order valence-corrected chi connectivity index (χ4v) is 0.704. The van der Waals surface area contributed by atoms with E-state index in [0.717, 1.165) is 0 Å². The first kappa shape index (κ1) is 8.19. The summed E-state index contributed by atoms with van der Waals surface area (Å²) in [4.78, 5) is 24.1. The van der Waals surface area contributed by atoms with Gasteiger partial charge in [-0.05, 0) is 12.1 Å². The van der Waals surface area contributed by atoms with Crippen LogP contribution < -0.4 is 5.73 Å². The molecule has 1 heterocycles. The summed E-state index contributed by atoms with van der Waals surface area (Å²) >= 11 is 0. The molecule has 3 N–H and O–H groups in total. The lowest BCUT2D eigenvalue weighted by atomic mass is 10.2. The number of carboxylic acids is 1. The van der Waals surface area contributed by atoms with E-state index in [1.54, 1.807) is 0 Å². The fraction of sp³-hybridized carbons (Fsp3) is 0. The van der Waals surface area contributed by atoms with E-state index in [0.29, 0.717) is 6.29 Å². The molecule has 0 radical (unpaired) electrons. The van der Waals surface area contributed by atoms with Crippen LogP contribution in [0.2, 0.25) is 0 Å². The van der Waals surface area contributed by atoms with Crippen molar-refractivity contribution in [3.05, 3.63) is 23.4 Å². The molecule has 1 rings (SSSR count). The molecule has 0 amide bonds. The lowest BCUT2D eigenvalue weighted by molar-refractivity contribution is 0.0690. The number of aromatic nitrogens is 1. The van der Waals surface area contributed by atoms with Crippen LogP contribution in [0, 0.1) is 0 Å². The molecule has 5 nitrogen and oxygen atoms in total. The van der Waals surface area contributed by atoms with Crippen LogP contribution in [0.15, 0.2) is 12.1 Å². The smallest absolute Gasteiger partial charge is 0.354 e. The van der Waals surface area contributed by atoms with E-state index in [9.17, 15) is 9.59 Å². The Morgan fingerprint density at radius 1 is 1.58 bits per heavy atom. The molecule has 0 aliphatic rings. The van der Waals surface area contributed by atoms with Gasteiger partial charge in [-0.3, -0.25) is 4.79 Å². The monoisotopic (exact) mass is 166 g/mol. The summed E-state index contributed by atoms with van der Waals surface area (Å²) in [6, 6.07) is 2.54. The Hall–Kier alpha value is -1.91. The number of aldehydes is 1. The maximum Gasteiger partial charge on any atom is 0.354 e. The van der Waals surface area contributed by atoms with Crippen LogP contribution in [0.4, 0.5) is 5.82 Å². The first-order chi connectivity index (χ1) is 5.65. The van der Waals surface area contributed by atoms with Crippen LogP contribution in [0.25, 0.3) is 0 Å². The molecule has 0 fully saturated rings. The molecule has 12 heavy (non-hydrogen) atoms. The maximum absolute atomic E-state index is 10.3. The Kier molecular flexibility index (Phi) is 2.05. The highest BCUT2D eigenvalue weighted by Gasteiger charge is 2.06. The van der Waals surface area contributed by atoms with Crippen LogP contribution in [0.5, 0.6) is 0 Å². The van der Waals surface area contributed by atoms with E-state index in [1.807, 2.05) is 0 Å². The van der Waals surface area contributed by atoms with E-state index in [4.69, 9.17) is 10.8 Å². The largest absolute Gasteiger partial charge is 0.477 e. The van der Waals surface area contributed by atoms with Crippen molar-refractivity contribution < 1.29 is 14.7 Å². The number of hydrogen-bond acceptors (Lipinski definition) is 4. The molecule has 0 aromatic carbocycles. The molecule has 1 aromatic rings. The quantitative estimate of drug-likeness (QED) is 0.611. The van der Waals surface area contributed by atoms with Crippen LogP contribution in [-0.2, 0) is 0 Å². The molecular formula is C7H6N2O3. The number of pyridine rings is 1. The minimum absolute atomic E-state index is 0.0649. The summed E-state index contributed by atoms with van der Waals surface area (Å²) in [5.74, 6) is -1.23. The number of aromatic carboxylic acids is 1. The average Bonchev–Trinajstić information content (AvgIpc) is 2.04. The van der Waals surface area contributed by atoms with Gasteiger partial charge in [0.15, 0.2) is 12.0 Å². The van der Waals surface area contributed by atoms with Gasteiger partial charge in [0, 0.05) is 0 Å². The molecule has 0 spiro atoms. The van der Waals surface area contributed by atoms with Crippen LogP contribution in [0.1, 0.15) is 20.8 Å². The van der Waals surface area contributed by atoms with E-state index < -0.39 is 5.97 Å². The minimum atomic E-state index is -1.17. The molecular weight excluding hydrogens is 160 g/mol. The second kappa shape index (κ2) is 3.00. The van der Waals surface area contributed by atoms with Crippen molar-refractivity contribution in [3.8, 4) is 0 Å². The van der Waals surface area contributed by atoms with Gasteiger partial charge < -0.3 is 10.8 Å². The SMILES string of the molecule is Nc1nc(C(=O)O)ccc1C=O. The Morgan fingerprint density at radius 3 is 2.67 bits per heavy atom. The highest BCUT2D eigenvalue weighted by molar-refractivity contribution is 5.88. The number of nitrogens with two attached hydrogens (primary N) is 1. The second-order valence-electron chi connectivity index (χ2n) is 2.09. The number of rotatable bonds is 2. The molecule has 0 atom stereocenters. The molecule has 0 aliphatic heterocycles. The van der Waals surface area contributed by atoms with Crippen molar-refractivity contribution in [2.75, 3.05) is 5.73 Å². The molecule has 1 aromatic heterocycles. The number of carbonyl (C=O) groups excluding carboxylic acids is 1. The third-order valence-electron chi connectivity index (χ3n) is 1.30. The molecule has 0 unspecified atom stereocenters. The Labute approximate surface area is 67.8 Å².